The van der Waals surface area contributed by atoms with Crippen LogP contribution in [0.2, 0.25) is 0 Å². The lowest BCUT2D eigenvalue weighted by molar-refractivity contribution is 0.0633. The summed E-state index contributed by atoms with van der Waals surface area (Å²) in [6, 6.07) is 4.07. The molecule has 1 amide bonds. The number of carbonyl (C=O) groups excluding carboxylic acids is 1. The molecule has 1 aromatic heterocycles. The highest BCUT2D eigenvalue weighted by Gasteiger charge is 2.26. The minimum Gasteiger partial charge on any atom is -0.455 e. The summed E-state index contributed by atoms with van der Waals surface area (Å²) in [6.07, 6.45) is 2.13. The van der Waals surface area contributed by atoms with Gasteiger partial charge in [-0.25, -0.2) is 0 Å². The average molecular weight is 293 g/mol. The maximum Gasteiger partial charge on any atom is 0.289 e. The Hall–Kier alpha value is -1.33. The first-order valence-electron chi connectivity index (χ1n) is 7.79. The zero-order valence-electron chi connectivity index (χ0n) is 13.3. The van der Waals surface area contributed by atoms with Gasteiger partial charge in [0.05, 0.1) is 6.54 Å². The Morgan fingerprint density at radius 2 is 2.10 bits per heavy atom. The fourth-order valence-electron chi connectivity index (χ4n) is 2.70. The minimum atomic E-state index is -0.00892. The van der Waals surface area contributed by atoms with E-state index in [0.717, 1.165) is 32.5 Å². The zero-order valence-corrected chi connectivity index (χ0v) is 13.3. The lowest BCUT2D eigenvalue weighted by atomic mass is 9.95. The Labute approximate surface area is 127 Å². The average Bonchev–Trinajstić information content (AvgIpc) is 2.96. The Kier molecular flexibility index (Phi) is 5.42. The van der Waals surface area contributed by atoms with Gasteiger partial charge in [0.25, 0.3) is 5.91 Å². The molecule has 1 saturated heterocycles. The van der Waals surface area contributed by atoms with Gasteiger partial charge >= 0.3 is 0 Å². The maximum absolute atomic E-state index is 12.3. The third-order valence-electron chi connectivity index (χ3n) is 4.40. The molecule has 0 saturated carbocycles. The number of hydrogen-bond donors (Lipinski definition) is 1. The molecule has 2 rings (SSSR count). The molecule has 0 atom stereocenters. The number of nitrogens with two attached hydrogens (primary N) is 1. The second-order valence-corrected chi connectivity index (χ2v) is 6.24. The molecule has 21 heavy (non-hydrogen) atoms. The Morgan fingerprint density at radius 3 is 2.62 bits per heavy atom. The molecule has 1 aliphatic heterocycles. The minimum absolute atomic E-state index is 0.00892. The topological polar surface area (TPSA) is 62.7 Å². The van der Waals surface area contributed by atoms with E-state index < -0.39 is 0 Å². The number of furan rings is 1. The highest BCUT2D eigenvalue weighted by molar-refractivity contribution is 5.91. The molecule has 2 N–H and O–H groups in total. The van der Waals surface area contributed by atoms with Crippen molar-refractivity contribution in [3.63, 3.8) is 0 Å². The summed E-state index contributed by atoms with van der Waals surface area (Å²) >= 11 is 0. The van der Waals surface area contributed by atoms with E-state index in [2.05, 4.69) is 25.8 Å². The molecule has 1 fully saturated rings. The van der Waals surface area contributed by atoms with Gasteiger partial charge in [-0.05, 0) is 51.8 Å². The van der Waals surface area contributed by atoms with Crippen molar-refractivity contribution < 1.29 is 9.21 Å². The summed E-state index contributed by atoms with van der Waals surface area (Å²) in [6.45, 7) is 7.49. The van der Waals surface area contributed by atoms with Gasteiger partial charge in [0.15, 0.2) is 5.76 Å². The van der Waals surface area contributed by atoms with Crippen LogP contribution in [-0.4, -0.2) is 48.4 Å². The van der Waals surface area contributed by atoms with E-state index in [1.165, 1.54) is 0 Å². The molecule has 118 valence electrons. The molecule has 0 radical (unpaired) electrons. The number of rotatable bonds is 5. The van der Waals surface area contributed by atoms with Crippen LogP contribution in [0.1, 0.15) is 43.0 Å². The predicted octanol–water partition coefficient (Wildman–Crippen LogP) is 1.93. The lowest BCUT2D eigenvalue weighted by Crippen LogP contribution is -2.42. The van der Waals surface area contributed by atoms with Gasteiger partial charge in [0, 0.05) is 25.7 Å². The fraction of sp³-hybridized carbons (Fsp3) is 0.688. The van der Waals surface area contributed by atoms with E-state index in [-0.39, 0.29) is 5.91 Å². The molecule has 5 nitrogen and oxygen atoms in total. The highest BCUT2D eigenvalue weighted by Crippen LogP contribution is 2.21. The van der Waals surface area contributed by atoms with Crippen molar-refractivity contribution in [2.75, 3.05) is 26.7 Å². The van der Waals surface area contributed by atoms with E-state index in [1.807, 2.05) is 4.90 Å². The first-order chi connectivity index (χ1) is 10.0. The van der Waals surface area contributed by atoms with Crippen LogP contribution < -0.4 is 5.73 Å². The van der Waals surface area contributed by atoms with Gasteiger partial charge in [-0.2, -0.15) is 0 Å². The van der Waals surface area contributed by atoms with Crippen LogP contribution in [-0.2, 0) is 6.54 Å². The van der Waals surface area contributed by atoms with E-state index in [9.17, 15) is 4.79 Å². The van der Waals surface area contributed by atoms with Gasteiger partial charge in [-0.3, -0.25) is 4.79 Å². The van der Waals surface area contributed by atoms with Gasteiger partial charge in [0.2, 0.25) is 0 Å². The van der Waals surface area contributed by atoms with E-state index in [1.54, 1.807) is 12.1 Å². The van der Waals surface area contributed by atoms with E-state index in [4.69, 9.17) is 10.2 Å². The third-order valence-corrected chi connectivity index (χ3v) is 4.40. The van der Waals surface area contributed by atoms with E-state index in [0.29, 0.717) is 30.0 Å². The molecule has 0 spiro atoms. The van der Waals surface area contributed by atoms with Crippen molar-refractivity contribution in [3.8, 4) is 0 Å². The van der Waals surface area contributed by atoms with Crippen molar-refractivity contribution in [3.05, 3.63) is 23.7 Å². The summed E-state index contributed by atoms with van der Waals surface area (Å²) in [5, 5.41) is 0. The summed E-state index contributed by atoms with van der Waals surface area (Å²) in [4.78, 5) is 16.6. The standard InChI is InChI=1S/C16H27N3O2/c1-12(2)18(3)11-13-6-8-19(9-7-13)16(20)15-5-4-14(10-17)21-15/h4-5,12-13H,6-11,17H2,1-3H3. The first-order valence-corrected chi connectivity index (χ1v) is 7.79. The van der Waals surface area contributed by atoms with Crippen molar-refractivity contribution >= 4 is 5.91 Å². The molecule has 0 aromatic carbocycles. The fourth-order valence-corrected chi connectivity index (χ4v) is 2.70. The maximum atomic E-state index is 12.3. The van der Waals surface area contributed by atoms with E-state index >= 15 is 0 Å². The molecule has 1 aromatic rings. The summed E-state index contributed by atoms with van der Waals surface area (Å²) in [5.74, 6) is 1.74. The number of likely N-dealkylation sites (tertiary alicyclic amines) is 1. The number of carbonyl (C=O) groups is 1. The van der Waals surface area contributed by atoms with Crippen LogP contribution in [0, 0.1) is 5.92 Å². The quantitative estimate of drug-likeness (QED) is 0.901. The third kappa shape index (κ3) is 4.08. The number of amides is 1. The Bertz CT molecular complexity index is 462. The number of hydrogen-bond acceptors (Lipinski definition) is 4. The summed E-state index contributed by atoms with van der Waals surface area (Å²) in [5.41, 5.74) is 5.51. The first kappa shape index (κ1) is 16.0. The van der Waals surface area contributed by atoms with Crippen LogP contribution in [0.25, 0.3) is 0 Å². The second-order valence-electron chi connectivity index (χ2n) is 6.24. The lowest BCUT2D eigenvalue weighted by Gasteiger charge is -2.34. The Morgan fingerprint density at radius 1 is 1.43 bits per heavy atom. The Balaban J connectivity index is 1.84. The van der Waals surface area contributed by atoms with Crippen molar-refractivity contribution in [1.82, 2.24) is 9.80 Å². The number of nitrogens with zero attached hydrogens (tertiary/aromatic N) is 2. The molecule has 2 heterocycles. The molecule has 0 aliphatic carbocycles. The van der Waals surface area contributed by atoms with Gasteiger partial charge in [-0.1, -0.05) is 0 Å². The monoisotopic (exact) mass is 293 g/mol. The van der Waals surface area contributed by atoms with Crippen LogP contribution in [0.4, 0.5) is 0 Å². The highest BCUT2D eigenvalue weighted by atomic mass is 16.4. The normalized spacial score (nSPS) is 17.0. The van der Waals surface area contributed by atoms with Crippen molar-refractivity contribution in [2.24, 2.45) is 11.7 Å². The van der Waals surface area contributed by atoms with Gasteiger partial charge in [-0.15, -0.1) is 0 Å². The van der Waals surface area contributed by atoms with Crippen LogP contribution in [0.15, 0.2) is 16.5 Å². The molecule has 1 aliphatic rings. The smallest absolute Gasteiger partial charge is 0.289 e. The molecule has 0 bridgehead atoms. The zero-order chi connectivity index (χ0) is 15.4. The van der Waals surface area contributed by atoms with Crippen LogP contribution in [0.5, 0.6) is 0 Å². The van der Waals surface area contributed by atoms with Crippen molar-refractivity contribution in [1.29, 1.82) is 0 Å². The molecular weight excluding hydrogens is 266 g/mol. The van der Waals surface area contributed by atoms with Crippen LogP contribution in [0.3, 0.4) is 0 Å². The van der Waals surface area contributed by atoms with Crippen LogP contribution >= 0.6 is 0 Å². The number of piperidine rings is 1. The SMILES string of the molecule is CC(C)N(C)CC1CCN(C(=O)c2ccc(CN)o2)CC1. The van der Waals surface area contributed by atoms with Gasteiger partial charge < -0.3 is 20.0 Å². The largest absolute Gasteiger partial charge is 0.455 e. The summed E-state index contributed by atoms with van der Waals surface area (Å²) in [7, 11) is 2.17. The molecular formula is C16H27N3O2. The summed E-state index contributed by atoms with van der Waals surface area (Å²) < 4.78 is 5.45. The predicted molar refractivity (Wildman–Crippen MR) is 83.0 cm³/mol. The molecule has 0 unspecified atom stereocenters. The second kappa shape index (κ2) is 7.09. The van der Waals surface area contributed by atoms with Crippen molar-refractivity contribution in [2.45, 2.75) is 39.3 Å². The van der Waals surface area contributed by atoms with Gasteiger partial charge in [0.1, 0.15) is 5.76 Å². The molecule has 5 heteroatoms.